The summed E-state index contributed by atoms with van der Waals surface area (Å²) in [6.07, 6.45) is -11.4. The van der Waals surface area contributed by atoms with Gasteiger partial charge in [-0.3, -0.25) is 4.79 Å². The quantitative estimate of drug-likeness (QED) is 0.362. The molecule has 1 aromatic rings. The van der Waals surface area contributed by atoms with Gasteiger partial charge in [-0.05, 0) is 24.8 Å². The number of benzene rings is 1. The molecule has 1 aliphatic carbocycles. The predicted octanol–water partition coefficient (Wildman–Crippen LogP) is 4.77. The number of hydrogen-bond acceptors (Lipinski definition) is 4. The Bertz CT molecular complexity index is 795. The number of ketones is 1. The van der Waals surface area contributed by atoms with Gasteiger partial charge < -0.3 is 4.74 Å². The smallest absolute Gasteiger partial charge is 0.354 e. The van der Waals surface area contributed by atoms with Crippen molar-refractivity contribution in [3.05, 3.63) is 35.4 Å². The molecular formula is C19H22F6O4S. The second-order valence-electron chi connectivity index (χ2n) is 7.28. The lowest BCUT2D eigenvalue weighted by Crippen LogP contribution is -2.56. The van der Waals surface area contributed by atoms with Crippen molar-refractivity contribution in [3.63, 3.8) is 0 Å². The molecule has 170 valence electrons. The van der Waals surface area contributed by atoms with Gasteiger partial charge >= 0.3 is 12.4 Å². The van der Waals surface area contributed by atoms with E-state index in [9.17, 15) is 39.6 Å². The third kappa shape index (κ3) is 4.37. The van der Waals surface area contributed by atoms with E-state index in [4.69, 9.17) is 0 Å². The van der Waals surface area contributed by atoms with Crippen LogP contribution >= 0.6 is 0 Å². The number of Topliss-reactive ketones (excluding diaryl/α,β-unsaturated/α-hetero) is 1. The fraction of sp³-hybridized carbons (Fsp3) is 0.632. The van der Waals surface area contributed by atoms with Crippen molar-refractivity contribution in [2.24, 2.45) is 0 Å². The van der Waals surface area contributed by atoms with Gasteiger partial charge in [0.25, 0.3) is 5.60 Å². The van der Waals surface area contributed by atoms with E-state index in [1.165, 1.54) is 0 Å². The first-order valence-electron chi connectivity index (χ1n) is 9.36. The van der Waals surface area contributed by atoms with Crippen molar-refractivity contribution in [3.8, 4) is 0 Å². The summed E-state index contributed by atoms with van der Waals surface area (Å²) in [7, 11) is -3.12. The average molecular weight is 460 g/mol. The second-order valence-corrected chi connectivity index (χ2v) is 8.65. The first-order valence-corrected chi connectivity index (χ1v) is 10.5. The minimum absolute atomic E-state index is 0.000208. The third-order valence-electron chi connectivity index (χ3n) is 5.43. The molecule has 0 bridgehead atoms. The van der Waals surface area contributed by atoms with E-state index in [1.807, 2.05) is 0 Å². The molecule has 0 aliphatic heterocycles. The highest BCUT2D eigenvalue weighted by Crippen LogP contribution is 2.53. The normalized spacial score (nSPS) is 18.1. The number of halogens is 6. The predicted molar refractivity (Wildman–Crippen MR) is 96.6 cm³/mol. The summed E-state index contributed by atoms with van der Waals surface area (Å²) in [6.45, 7) is 0.842. The van der Waals surface area contributed by atoms with Gasteiger partial charge in [0.1, 0.15) is 16.5 Å². The van der Waals surface area contributed by atoms with E-state index >= 15 is 0 Å². The monoisotopic (exact) mass is 460 g/mol. The first kappa shape index (κ1) is 24.6. The zero-order chi connectivity index (χ0) is 22.8. The molecule has 0 spiro atoms. The zero-order valence-electron chi connectivity index (χ0n) is 16.1. The summed E-state index contributed by atoms with van der Waals surface area (Å²) < 4.78 is 109. The van der Waals surface area contributed by atoms with Gasteiger partial charge in [0, 0.05) is 25.0 Å². The SMILES string of the molecule is CCCCOC(c1ccc(C2([SH](=O)=O)CCC(=O)CC2)cc1)(C(F)(F)F)C(F)(F)F. The molecule has 0 aromatic heterocycles. The van der Waals surface area contributed by atoms with Gasteiger partial charge in [-0.1, -0.05) is 37.6 Å². The van der Waals surface area contributed by atoms with Crippen LogP contribution in [0.4, 0.5) is 26.3 Å². The summed E-state index contributed by atoms with van der Waals surface area (Å²) in [5, 5.41) is 0. The van der Waals surface area contributed by atoms with Crippen molar-refractivity contribution in [1.82, 2.24) is 0 Å². The topological polar surface area (TPSA) is 60.4 Å². The van der Waals surface area contributed by atoms with Gasteiger partial charge in [-0.2, -0.15) is 26.3 Å². The first-order chi connectivity index (χ1) is 13.8. The number of alkyl halides is 6. The molecule has 0 amide bonds. The molecule has 0 radical (unpaired) electrons. The molecule has 2 rings (SSSR count). The second kappa shape index (κ2) is 8.86. The van der Waals surface area contributed by atoms with Crippen molar-refractivity contribution in [2.45, 2.75) is 68.1 Å². The molecule has 0 atom stereocenters. The van der Waals surface area contributed by atoms with Crippen LogP contribution in [0.1, 0.15) is 56.6 Å². The van der Waals surface area contributed by atoms with Crippen molar-refractivity contribution < 1.29 is 44.3 Å². The lowest BCUT2D eigenvalue weighted by Gasteiger charge is -2.38. The molecule has 1 fully saturated rings. The average Bonchev–Trinajstić information content (AvgIpc) is 2.64. The number of thiol groups is 1. The van der Waals surface area contributed by atoms with Crippen LogP contribution in [0.25, 0.3) is 0 Å². The Labute approximate surface area is 171 Å². The summed E-state index contributed by atoms with van der Waals surface area (Å²) in [5.41, 5.74) is -5.64. The van der Waals surface area contributed by atoms with Crippen LogP contribution < -0.4 is 0 Å². The summed E-state index contributed by atoms with van der Waals surface area (Å²) in [6, 6.07) is 3.12. The lowest BCUT2D eigenvalue weighted by molar-refractivity contribution is -0.389. The Morgan fingerprint density at radius 3 is 1.87 bits per heavy atom. The van der Waals surface area contributed by atoms with Crippen molar-refractivity contribution in [1.29, 1.82) is 0 Å². The van der Waals surface area contributed by atoms with E-state index in [1.54, 1.807) is 6.92 Å². The number of carbonyl (C=O) groups is 1. The third-order valence-corrected chi connectivity index (χ3v) is 6.83. The van der Waals surface area contributed by atoms with E-state index in [2.05, 4.69) is 4.74 Å². The van der Waals surface area contributed by atoms with E-state index in [0.29, 0.717) is 18.6 Å². The van der Waals surface area contributed by atoms with Crippen LogP contribution in [0, 0.1) is 0 Å². The highest BCUT2D eigenvalue weighted by Gasteiger charge is 2.73. The molecule has 0 N–H and O–H groups in total. The van der Waals surface area contributed by atoms with Crippen LogP contribution in [0.3, 0.4) is 0 Å². The maximum absolute atomic E-state index is 13.7. The lowest BCUT2D eigenvalue weighted by atomic mass is 9.81. The summed E-state index contributed by atoms with van der Waals surface area (Å²) >= 11 is 0. The molecule has 1 aromatic carbocycles. The number of unbranched alkanes of at least 4 members (excludes halogenated alkanes) is 1. The number of ether oxygens (including phenoxy) is 1. The van der Waals surface area contributed by atoms with Crippen LogP contribution in [-0.2, 0) is 30.6 Å². The Morgan fingerprint density at radius 2 is 1.47 bits per heavy atom. The fourth-order valence-electron chi connectivity index (χ4n) is 3.64. The zero-order valence-corrected chi connectivity index (χ0v) is 17.0. The molecule has 0 unspecified atom stereocenters. The Kier molecular flexibility index (Phi) is 7.28. The number of hydrogen-bond donors (Lipinski definition) is 1. The largest absolute Gasteiger partial charge is 0.430 e. The summed E-state index contributed by atoms with van der Waals surface area (Å²) in [5.74, 6) is -0.142. The Balaban J connectivity index is 2.55. The standard InChI is InChI=1S/C19H22F6O4S/c1-2-3-12-29-17(18(20,21)22,19(23,24)25)14-6-4-13(5-7-14)16(30(27)28)10-8-15(26)9-11-16/h4-7,30H,2-3,8-12H2,1H3. The number of carbonyl (C=O) groups excluding carboxylic acids is 1. The molecule has 0 saturated heterocycles. The summed E-state index contributed by atoms with van der Waals surface area (Å²) in [4.78, 5) is 11.5. The van der Waals surface area contributed by atoms with Gasteiger partial charge in [-0.25, -0.2) is 8.42 Å². The van der Waals surface area contributed by atoms with Gasteiger partial charge in [0.05, 0.1) is 4.75 Å². The maximum atomic E-state index is 13.7. The molecule has 4 nitrogen and oxygen atoms in total. The maximum Gasteiger partial charge on any atom is 0.430 e. The van der Waals surface area contributed by atoms with Crippen LogP contribution in [0.2, 0.25) is 0 Å². The molecule has 0 heterocycles. The highest BCUT2D eigenvalue weighted by atomic mass is 32.2. The van der Waals surface area contributed by atoms with Crippen molar-refractivity contribution in [2.75, 3.05) is 6.61 Å². The van der Waals surface area contributed by atoms with E-state index in [-0.39, 0.29) is 43.5 Å². The minimum atomic E-state index is -5.79. The Morgan fingerprint density at radius 1 is 0.967 bits per heavy atom. The molecule has 1 aliphatic rings. The molecular weight excluding hydrogens is 438 g/mol. The van der Waals surface area contributed by atoms with Crippen molar-refractivity contribution >= 4 is 16.5 Å². The van der Waals surface area contributed by atoms with Crippen LogP contribution in [0.5, 0.6) is 0 Å². The van der Waals surface area contributed by atoms with Gasteiger partial charge in [0.2, 0.25) is 0 Å². The van der Waals surface area contributed by atoms with Crippen LogP contribution in [-0.4, -0.2) is 33.2 Å². The fourth-order valence-corrected chi connectivity index (χ4v) is 4.59. The number of rotatable bonds is 7. The van der Waals surface area contributed by atoms with Gasteiger partial charge in [-0.15, -0.1) is 0 Å². The minimum Gasteiger partial charge on any atom is -0.354 e. The molecule has 30 heavy (non-hydrogen) atoms. The molecule has 1 saturated carbocycles. The highest BCUT2D eigenvalue weighted by molar-refractivity contribution is 7.73. The molecule has 11 heteroatoms. The van der Waals surface area contributed by atoms with E-state index in [0.717, 1.165) is 12.1 Å². The van der Waals surface area contributed by atoms with E-state index < -0.39 is 45.6 Å². The van der Waals surface area contributed by atoms with Crippen LogP contribution in [0.15, 0.2) is 24.3 Å². The van der Waals surface area contributed by atoms with Gasteiger partial charge in [0.15, 0.2) is 0 Å². The Hall–Kier alpha value is -1.62.